The third-order valence-corrected chi connectivity index (χ3v) is 5.51. The molecule has 1 atom stereocenters. The second-order valence-corrected chi connectivity index (χ2v) is 7.65. The summed E-state index contributed by atoms with van der Waals surface area (Å²) >= 11 is 0. The lowest BCUT2D eigenvalue weighted by Crippen LogP contribution is -2.34. The molecule has 0 amide bonds. The predicted molar refractivity (Wildman–Crippen MR) is 112 cm³/mol. The number of hydrogen-bond acceptors (Lipinski definition) is 5. The number of fused-ring (bicyclic) bond motifs is 1. The van der Waals surface area contributed by atoms with Crippen LogP contribution in [0.15, 0.2) is 36.5 Å². The summed E-state index contributed by atoms with van der Waals surface area (Å²) in [7, 11) is 3.30. The molecule has 0 bridgehead atoms. The van der Waals surface area contributed by atoms with Crippen molar-refractivity contribution in [1.82, 2.24) is 14.3 Å². The number of rotatable bonds is 5. The fourth-order valence-corrected chi connectivity index (χ4v) is 4.12. The van der Waals surface area contributed by atoms with Crippen LogP contribution in [0.1, 0.15) is 25.5 Å². The van der Waals surface area contributed by atoms with Crippen LogP contribution < -0.4 is 15.2 Å². The van der Waals surface area contributed by atoms with E-state index in [0.717, 1.165) is 53.8 Å². The van der Waals surface area contributed by atoms with Gasteiger partial charge in [-0.15, -0.1) is 0 Å². The number of nitrogen functional groups attached to an aromatic ring is 1. The molecule has 3 aromatic rings. The molecule has 148 valence electrons. The van der Waals surface area contributed by atoms with Crippen LogP contribution >= 0.6 is 0 Å². The van der Waals surface area contributed by atoms with Gasteiger partial charge in [0.15, 0.2) is 11.5 Å². The fraction of sp³-hybridized carbons (Fsp3) is 0.409. The van der Waals surface area contributed by atoms with Gasteiger partial charge in [-0.1, -0.05) is 6.92 Å². The van der Waals surface area contributed by atoms with E-state index in [1.165, 1.54) is 12.8 Å². The van der Waals surface area contributed by atoms with Crippen molar-refractivity contribution in [2.45, 2.75) is 26.3 Å². The smallest absolute Gasteiger partial charge is 0.161 e. The number of pyridine rings is 1. The molecule has 0 radical (unpaired) electrons. The van der Waals surface area contributed by atoms with Gasteiger partial charge in [-0.25, -0.2) is 4.98 Å². The van der Waals surface area contributed by atoms with Crippen LogP contribution in [-0.4, -0.2) is 41.6 Å². The van der Waals surface area contributed by atoms with Gasteiger partial charge in [0, 0.05) is 30.5 Å². The number of ether oxygens (including phenoxy) is 2. The number of anilines is 1. The highest BCUT2D eigenvalue weighted by molar-refractivity contribution is 5.70. The van der Waals surface area contributed by atoms with Crippen molar-refractivity contribution in [1.29, 1.82) is 0 Å². The van der Waals surface area contributed by atoms with Gasteiger partial charge in [-0.05, 0) is 55.6 Å². The maximum absolute atomic E-state index is 6.08. The Morgan fingerprint density at radius 2 is 1.96 bits per heavy atom. The lowest BCUT2D eigenvalue weighted by molar-refractivity contribution is 0.174. The first-order valence-corrected chi connectivity index (χ1v) is 9.80. The van der Waals surface area contributed by atoms with E-state index in [4.69, 9.17) is 20.2 Å². The van der Waals surface area contributed by atoms with E-state index < -0.39 is 0 Å². The van der Waals surface area contributed by atoms with Crippen molar-refractivity contribution in [3.05, 3.63) is 42.2 Å². The highest BCUT2D eigenvalue weighted by Gasteiger charge is 2.22. The normalized spacial score (nSPS) is 17.8. The fourth-order valence-electron chi connectivity index (χ4n) is 4.12. The van der Waals surface area contributed by atoms with Crippen molar-refractivity contribution in [3.63, 3.8) is 0 Å². The zero-order chi connectivity index (χ0) is 19.7. The summed E-state index contributed by atoms with van der Waals surface area (Å²) in [6.07, 6.45) is 4.51. The monoisotopic (exact) mass is 380 g/mol. The maximum Gasteiger partial charge on any atom is 0.161 e. The van der Waals surface area contributed by atoms with E-state index in [-0.39, 0.29) is 0 Å². The lowest BCUT2D eigenvalue weighted by Gasteiger charge is -2.30. The number of nitrogens with zero attached hydrogens (tertiary/aromatic N) is 3. The molecule has 6 nitrogen and oxygen atoms in total. The number of piperidine rings is 1. The van der Waals surface area contributed by atoms with Crippen LogP contribution in [0.5, 0.6) is 11.5 Å². The van der Waals surface area contributed by atoms with Gasteiger partial charge in [-0.2, -0.15) is 0 Å². The van der Waals surface area contributed by atoms with Gasteiger partial charge in [-0.3, -0.25) is 4.90 Å². The number of aromatic nitrogens is 2. The molecular formula is C22H28N4O2. The second kappa shape index (κ2) is 7.72. The van der Waals surface area contributed by atoms with Crippen molar-refractivity contribution in [2.24, 2.45) is 5.92 Å². The van der Waals surface area contributed by atoms with Gasteiger partial charge in [0.2, 0.25) is 0 Å². The quantitative estimate of drug-likeness (QED) is 0.729. The Hall–Kier alpha value is -2.73. The molecule has 0 saturated carbocycles. The zero-order valence-corrected chi connectivity index (χ0v) is 16.8. The van der Waals surface area contributed by atoms with Crippen molar-refractivity contribution < 1.29 is 9.47 Å². The number of hydrogen-bond donors (Lipinski definition) is 1. The van der Waals surface area contributed by atoms with E-state index in [9.17, 15) is 0 Å². The van der Waals surface area contributed by atoms with E-state index >= 15 is 0 Å². The molecule has 0 aliphatic carbocycles. The van der Waals surface area contributed by atoms with Crippen molar-refractivity contribution >= 4 is 11.3 Å². The van der Waals surface area contributed by atoms with Gasteiger partial charge < -0.3 is 19.6 Å². The number of benzene rings is 1. The number of likely N-dealkylation sites (tertiary alicyclic amines) is 1. The second-order valence-electron chi connectivity index (χ2n) is 7.65. The maximum atomic E-state index is 6.08. The summed E-state index contributed by atoms with van der Waals surface area (Å²) in [4.78, 5) is 7.44. The van der Waals surface area contributed by atoms with E-state index in [2.05, 4.69) is 16.2 Å². The average Bonchev–Trinajstić information content (AvgIpc) is 3.05. The molecule has 1 aromatic carbocycles. The van der Waals surface area contributed by atoms with Gasteiger partial charge in [0.1, 0.15) is 5.65 Å². The molecule has 1 aliphatic heterocycles. The Balaban J connectivity index is 1.81. The van der Waals surface area contributed by atoms with E-state index in [1.54, 1.807) is 14.2 Å². The third kappa shape index (κ3) is 3.52. The highest BCUT2D eigenvalue weighted by atomic mass is 16.5. The molecule has 3 heterocycles. The lowest BCUT2D eigenvalue weighted by atomic mass is 10.00. The van der Waals surface area contributed by atoms with Gasteiger partial charge in [0.05, 0.1) is 25.6 Å². The Labute approximate surface area is 165 Å². The van der Waals surface area contributed by atoms with Crippen LogP contribution in [0.3, 0.4) is 0 Å². The van der Waals surface area contributed by atoms with Crippen LogP contribution in [-0.2, 0) is 6.54 Å². The summed E-state index contributed by atoms with van der Waals surface area (Å²) in [6, 6.07) is 9.83. The Kier molecular flexibility index (Phi) is 5.13. The Morgan fingerprint density at radius 3 is 2.71 bits per heavy atom. The van der Waals surface area contributed by atoms with Gasteiger partial charge in [0.25, 0.3) is 0 Å². The minimum atomic E-state index is 0.703. The predicted octanol–water partition coefficient (Wildman–Crippen LogP) is 3.83. The highest BCUT2D eigenvalue weighted by Crippen LogP contribution is 2.34. The van der Waals surface area contributed by atoms with Crippen LogP contribution in [0, 0.1) is 5.92 Å². The first kappa shape index (κ1) is 18.6. The summed E-state index contributed by atoms with van der Waals surface area (Å²) in [5, 5.41) is 0. The summed E-state index contributed by atoms with van der Waals surface area (Å²) in [5.74, 6) is 2.14. The summed E-state index contributed by atoms with van der Waals surface area (Å²) in [5.41, 5.74) is 10.8. The molecule has 2 N–H and O–H groups in total. The largest absolute Gasteiger partial charge is 0.493 e. The number of imidazole rings is 1. The SMILES string of the molecule is COc1ccc(-c2nc3ccc(N)cn3c2CN2CCCC(C)C2)cc1OC. The summed E-state index contributed by atoms with van der Waals surface area (Å²) < 4.78 is 13.0. The minimum Gasteiger partial charge on any atom is -0.493 e. The molecular weight excluding hydrogens is 352 g/mol. The Morgan fingerprint density at radius 1 is 1.14 bits per heavy atom. The number of methoxy groups -OCH3 is 2. The van der Waals surface area contributed by atoms with Crippen LogP contribution in [0.25, 0.3) is 16.9 Å². The van der Waals surface area contributed by atoms with Crippen LogP contribution in [0.2, 0.25) is 0 Å². The molecule has 1 saturated heterocycles. The van der Waals surface area contributed by atoms with E-state index in [0.29, 0.717) is 11.5 Å². The third-order valence-electron chi connectivity index (χ3n) is 5.51. The molecule has 1 fully saturated rings. The zero-order valence-electron chi connectivity index (χ0n) is 16.8. The Bertz CT molecular complexity index is 982. The minimum absolute atomic E-state index is 0.703. The molecule has 1 unspecified atom stereocenters. The molecule has 6 heteroatoms. The van der Waals surface area contributed by atoms with Crippen molar-refractivity contribution in [2.75, 3.05) is 33.0 Å². The average molecular weight is 380 g/mol. The standard InChI is InChI=1S/C22H28N4O2/c1-15-5-4-10-25(12-15)14-18-22(24-21-9-7-17(23)13-26(18)21)16-6-8-19(27-2)20(11-16)28-3/h6-9,11,13,15H,4-5,10,12,14,23H2,1-3H3. The molecule has 4 rings (SSSR count). The van der Waals surface area contributed by atoms with Gasteiger partial charge >= 0.3 is 0 Å². The number of nitrogens with two attached hydrogens (primary N) is 1. The molecule has 28 heavy (non-hydrogen) atoms. The first-order chi connectivity index (χ1) is 13.6. The molecule has 1 aliphatic rings. The summed E-state index contributed by atoms with van der Waals surface area (Å²) in [6.45, 7) is 5.40. The van der Waals surface area contributed by atoms with Crippen LogP contribution in [0.4, 0.5) is 5.69 Å². The van der Waals surface area contributed by atoms with E-state index in [1.807, 2.05) is 36.5 Å². The molecule has 2 aromatic heterocycles. The first-order valence-electron chi connectivity index (χ1n) is 9.80. The van der Waals surface area contributed by atoms with Crippen molar-refractivity contribution in [3.8, 4) is 22.8 Å². The topological polar surface area (TPSA) is 65.0 Å². The molecule has 0 spiro atoms.